The lowest BCUT2D eigenvalue weighted by Crippen LogP contribution is -2.01. The summed E-state index contributed by atoms with van der Waals surface area (Å²) >= 11 is 3.43. The Labute approximate surface area is 119 Å². The van der Waals surface area contributed by atoms with E-state index >= 15 is 0 Å². The van der Waals surface area contributed by atoms with Gasteiger partial charge >= 0.3 is 0 Å². The van der Waals surface area contributed by atoms with Crippen LogP contribution in [0.15, 0.2) is 51.4 Å². The van der Waals surface area contributed by atoms with Crippen LogP contribution >= 0.6 is 15.9 Å². The Hall–Kier alpha value is -1.65. The van der Waals surface area contributed by atoms with E-state index in [2.05, 4.69) is 27.0 Å². The molecule has 0 aliphatic heterocycles. The largest absolute Gasteiger partial charge is 0.440 e. The molecule has 0 saturated carbocycles. The Kier molecular flexibility index (Phi) is 3.36. The lowest BCUT2D eigenvalue weighted by molar-refractivity contribution is 0.543. The Morgan fingerprint density at radius 1 is 1.11 bits per heavy atom. The zero-order chi connectivity index (χ0) is 13.2. The van der Waals surface area contributed by atoms with Crippen LogP contribution in [0.3, 0.4) is 0 Å². The molecule has 3 rings (SSSR count). The maximum Gasteiger partial charge on any atom is 0.199 e. The number of hydrogen-bond donors (Lipinski definition) is 1. The van der Waals surface area contributed by atoms with Crippen LogP contribution in [-0.2, 0) is 13.0 Å². The molecule has 0 amide bonds. The smallest absolute Gasteiger partial charge is 0.199 e. The summed E-state index contributed by atoms with van der Waals surface area (Å²) in [6.45, 7) is 0.530. The number of aromatic nitrogens is 1. The summed E-state index contributed by atoms with van der Waals surface area (Å²) in [5, 5.41) is 0. The molecule has 2 N–H and O–H groups in total. The second-order valence-corrected chi connectivity index (χ2v) is 5.28. The first-order valence-electron chi connectivity index (χ1n) is 6.08. The van der Waals surface area contributed by atoms with Crippen LogP contribution in [-0.4, -0.2) is 4.98 Å². The lowest BCUT2D eigenvalue weighted by atomic mass is 10.0. The zero-order valence-corrected chi connectivity index (χ0v) is 11.9. The van der Waals surface area contributed by atoms with Crippen molar-refractivity contribution in [3.8, 4) is 0 Å². The molecule has 0 bridgehead atoms. The number of nitrogens with two attached hydrogens (primary N) is 1. The fourth-order valence-electron chi connectivity index (χ4n) is 2.12. The van der Waals surface area contributed by atoms with Crippen LogP contribution in [0.1, 0.15) is 17.0 Å². The third kappa shape index (κ3) is 2.55. The molecule has 3 aromatic rings. The Bertz CT molecular complexity index is 721. The van der Waals surface area contributed by atoms with Gasteiger partial charge in [-0.15, -0.1) is 0 Å². The zero-order valence-electron chi connectivity index (χ0n) is 10.3. The maximum atomic E-state index is 5.75. The second-order valence-electron chi connectivity index (χ2n) is 4.37. The maximum absolute atomic E-state index is 5.75. The van der Waals surface area contributed by atoms with Crippen molar-refractivity contribution in [3.05, 3.63) is 64.0 Å². The average Bonchev–Trinajstić information content (AvgIpc) is 2.80. The first-order chi connectivity index (χ1) is 9.26. The van der Waals surface area contributed by atoms with E-state index in [9.17, 15) is 0 Å². The topological polar surface area (TPSA) is 52.0 Å². The monoisotopic (exact) mass is 316 g/mol. The average molecular weight is 317 g/mol. The number of rotatable bonds is 3. The van der Waals surface area contributed by atoms with E-state index in [1.165, 1.54) is 0 Å². The van der Waals surface area contributed by atoms with Crippen molar-refractivity contribution in [2.75, 3.05) is 0 Å². The van der Waals surface area contributed by atoms with Crippen LogP contribution in [0.25, 0.3) is 11.1 Å². The van der Waals surface area contributed by atoms with E-state index in [1.807, 2.05) is 36.4 Å². The minimum atomic E-state index is 0.530. The van der Waals surface area contributed by atoms with Crippen molar-refractivity contribution < 1.29 is 4.42 Å². The van der Waals surface area contributed by atoms with Crippen molar-refractivity contribution in [1.82, 2.24) is 4.98 Å². The van der Waals surface area contributed by atoms with Crippen molar-refractivity contribution in [1.29, 1.82) is 0 Å². The first kappa shape index (κ1) is 12.4. The van der Waals surface area contributed by atoms with E-state index in [-0.39, 0.29) is 0 Å². The van der Waals surface area contributed by atoms with Crippen LogP contribution in [0, 0.1) is 0 Å². The molecule has 4 heteroatoms. The SMILES string of the molecule is NCc1ccccc1Cc1nc2cc(Br)ccc2o1. The van der Waals surface area contributed by atoms with Gasteiger partial charge in [0.15, 0.2) is 11.5 Å². The fourth-order valence-corrected chi connectivity index (χ4v) is 2.46. The highest BCUT2D eigenvalue weighted by atomic mass is 79.9. The summed E-state index contributed by atoms with van der Waals surface area (Å²) in [5.74, 6) is 0.717. The standard InChI is InChI=1S/C15H13BrN2O/c16-12-5-6-14-13(8-12)18-15(19-14)7-10-3-1-2-4-11(10)9-17/h1-6,8H,7,9,17H2. The van der Waals surface area contributed by atoms with E-state index < -0.39 is 0 Å². The van der Waals surface area contributed by atoms with Gasteiger partial charge in [0.2, 0.25) is 0 Å². The van der Waals surface area contributed by atoms with Gasteiger partial charge in [-0.25, -0.2) is 4.98 Å². The normalized spacial score (nSPS) is 11.1. The summed E-state index contributed by atoms with van der Waals surface area (Å²) in [6.07, 6.45) is 0.666. The van der Waals surface area contributed by atoms with Gasteiger partial charge in [-0.05, 0) is 29.3 Å². The first-order valence-corrected chi connectivity index (χ1v) is 6.87. The number of oxazole rings is 1. The Morgan fingerprint density at radius 3 is 2.68 bits per heavy atom. The molecule has 0 spiro atoms. The lowest BCUT2D eigenvalue weighted by Gasteiger charge is -2.04. The summed E-state index contributed by atoms with van der Waals surface area (Å²) in [7, 11) is 0. The molecule has 0 fully saturated rings. The molecule has 19 heavy (non-hydrogen) atoms. The fraction of sp³-hybridized carbons (Fsp3) is 0.133. The van der Waals surface area contributed by atoms with Crippen LogP contribution in [0.5, 0.6) is 0 Å². The van der Waals surface area contributed by atoms with Gasteiger partial charge in [0.05, 0.1) is 0 Å². The minimum Gasteiger partial charge on any atom is -0.440 e. The predicted molar refractivity (Wildman–Crippen MR) is 78.8 cm³/mol. The van der Waals surface area contributed by atoms with Crippen molar-refractivity contribution in [2.24, 2.45) is 5.73 Å². The molecule has 2 aromatic carbocycles. The molecule has 1 heterocycles. The molecule has 1 aromatic heterocycles. The molecule has 0 aliphatic rings. The van der Waals surface area contributed by atoms with E-state index in [1.54, 1.807) is 0 Å². The highest BCUT2D eigenvalue weighted by molar-refractivity contribution is 9.10. The molecule has 3 nitrogen and oxygen atoms in total. The highest BCUT2D eigenvalue weighted by Gasteiger charge is 2.09. The number of nitrogens with zero attached hydrogens (tertiary/aromatic N) is 1. The minimum absolute atomic E-state index is 0.530. The molecule has 0 aliphatic carbocycles. The van der Waals surface area contributed by atoms with Gasteiger partial charge in [-0.2, -0.15) is 0 Å². The summed E-state index contributed by atoms with van der Waals surface area (Å²) in [5.41, 5.74) is 9.71. The molecule has 96 valence electrons. The predicted octanol–water partition coefficient (Wildman–Crippen LogP) is 3.64. The van der Waals surface area contributed by atoms with Gasteiger partial charge < -0.3 is 10.2 Å². The summed E-state index contributed by atoms with van der Waals surface area (Å²) in [6, 6.07) is 13.9. The number of halogens is 1. The third-order valence-electron chi connectivity index (χ3n) is 3.07. The second kappa shape index (κ2) is 5.15. The van der Waals surface area contributed by atoms with Crippen LogP contribution in [0.2, 0.25) is 0 Å². The highest BCUT2D eigenvalue weighted by Crippen LogP contribution is 2.22. The molecule has 0 radical (unpaired) electrons. The molecule has 0 atom stereocenters. The van der Waals surface area contributed by atoms with Gasteiger partial charge in [-0.3, -0.25) is 0 Å². The number of benzene rings is 2. The van der Waals surface area contributed by atoms with Gasteiger partial charge in [0.25, 0.3) is 0 Å². The third-order valence-corrected chi connectivity index (χ3v) is 3.57. The Balaban J connectivity index is 1.96. The van der Waals surface area contributed by atoms with Crippen molar-refractivity contribution in [2.45, 2.75) is 13.0 Å². The van der Waals surface area contributed by atoms with Crippen molar-refractivity contribution in [3.63, 3.8) is 0 Å². The van der Waals surface area contributed by atoms with Crippen LogP contribution < -0.4 is 5.73 Å². The number of hydrogen-bond acceptors (Lipinski definition) is 3. The van der Waals surface area contributed by atoms with Crippen molar-refractivity contribution >= 4 is 27.0 Å². The van der Waals surface area contributed by atoms with Gasteiger partial charge in [0, 0.05) is 17.4 Å². The molecule has 0 saturated heterocycles. The van der Waals surface area contributed by atoms with E-state index in [4.69, 9.17) is 10.2 Å². The quantitative estimate of drug-likeness (QED) is 0.802. The molecule has 0 unspecified atom stereocenters. The van der Waals surface area contributed by atoms with Crippen LogP contribution in [0.4, 0.5) is 0 Å². The number of fused-ring (bicyclic) bond motifs is 1. The van der Waals surface area contributed by atoms with Gasteiger partial charge in [-0.1, -0.05) is 40.2 Å². The molecular weight excluding hydrogens is 304 g/mol. The molecular formula is C15H13BrN2O. The summed E-state index contributed by atoms with van der Waals surface area (Å²) in [4.78, 5) is 4.51. The van der Waals surface area contributed by atoms with E-state index in [0.717, 1.165) is 26.7 Å². The summed E-state index contributed by atoms with van der Waals surface area (Å²) < 4.78 is 6.76. The van der Waals surface area contributed by atoms with E-state index in [0.29, 0.717) is 18.9 Å². The van der Waals surface area contributed by atoms with Gasteiger partial charge in [0.1, 0.15) is 5.52 Å². The Morgan fingerprint density at radius 2 is 1.89 bits per heavy atom.